The first-order valence-electron chi connectivity index (χ1n) is 11.5. The monoisotopic (exact) mass is 483 g/mol. The number of amides is 2. The summed E-state index contributed by atoms with van der Waals surface area (Å²) in [6.07, 6.45) is 0. The van der Waals surface area contributed by atoms with Gasteiger partial charge < -0.3 is 19.9 Å². The first-order chi connectivity index (χ1) is 17.2. The van der Waals surface area contributed by atoms with Crippen LogP contribution in [0.2, 0.25) is 0 Å². The van der Waals surface area contributed by atoms with Crippen molar-refractivity contribution < 1.29 is 14.3 Å². The van der Waals surface area contributed by atoms with Gasteiger partial charge in [0.25, 0.3) is 11.8 Å². The van der Waals surface area contributed by atoms with Crippen molar-refractivity contribution in [2.45, 2.75) is 0 Å². The third-order valence-electron chi connectivity index (χ3n) is 5.86. The van der Waals surface area contributed by atoms with Crippen molar-refractivity contribution in [2.24, 2.45) is 0 Å². The number of nitrogens with zero attached hydrogens (tertiary/aromatic N) is 2. The predicted molar refractivity (Wildman–Crippen MR) is 140 cm³/mol. The summed E-state index contributed by atoms with van der Waals surface area (Å²) in [6.45, 7) is 2.93. The second-order valence-electron chi connectivity index (χ2n) is 8.20. The Balaban J connectivity index is 1.17. The van der Waals surface area contributed by atoms with Gasteiger partial charge in [-0.3, -0.25) is 9.59 Å². The summed E-state index contributed by atoms with van der Waals surface area (Å²) in [4.78, 5) is 30.3. The molecule has 3 aromatic carbocycles. The van der Waals surface area contributed by atoms with E-state index in [9.17, 15) is 9.59 Å². The van der Waals surface area contributed by atoms with Crippen LogP contribution in [0.3, 0.4) is 0 Å². The first kappa shape index (κ1) is 22.7. The molecular weight excluding hydrogens is 458 g/mol. The molecule has 4 aromatic rings. The number of anilines is 2. The van der Waals surface area contributed by atoms with Crippen LogP contribution in [0.1, 0.15) is 20.0 Å². The van der Waals surface area contributed by atoms with Crippen molar-refractivity contribution in [3.05, 3.63) is 107 Å². The molecule has 7 heteroatoms. The number of benzene rings is 3. The lowest BCUT2D eigenvalue weighted by Gasteiger charge is -2.36. The molecular formula is C28H25N3O3S. The number of piperazine rings is 1. The highest BCUT2D eigenvalue weighted by atomic mass is 32.1. The van der Waals surface area contributed by atoms with E-state index in [0.717, 1.165) is 35.1 Å². The SMILES string of the molecule is O=C(Nc1ccc(N2CCN(C(=O)c3cccs3)CC2)cc1)c1cccc(Oc2ccccc2)c1. The van der Waals surface area contributed by atoms with E-state index in [1.807, 2.05) is 83.1 Å². The van der Waals surface area contributed by atoms with Crippen LogP contribution in [0.4, 0.5) is 11.4 Å². The van der Waals surface area contributed by atoms with E-state index in [1.54, 1.807) is 18.2 Å². The van der Waals surface area contributed by atoms with Gasteiger partial charge in [0.2, 0.25) is 0 Å². The standard InChI is InChI=1S/C28H25N3O3S/c32-27(21-6-4-9-25(20-21)34-24-7-2-1-3-8-24)29-22-11-13-23(14-12-22)30-15-17-31(18-16-30)28(33)26-10-5-19-35-26/h1-14,19-20H,15-18H2,(H,29,32). The van der Waals surface area contributed by atoms with Gasteiger partial charge in [-0.05, 0) is 66.0 Å². The molecule has 2 amide bonds. The van der Waals surface area contributed by atoms with E-state index < -0.39 is 0 Å². The molecule has 1 saturated heterocycles. The number of ether oxygens (including phenoxy) is 1. The highest BCUT2D eigenvalue weighted by Crippen LogP contribution is 2.24. The smallest absolute Gasteiger partial charge is 0.264 e. The molecule has 1 aromatic heterocycles. The number of carbonyl (C=O) groups excluding carboxylic acids is 2. The lowest BCUT2D eigenvalue weighted by atomic mass is 10.2. The summed E-state index contributed by atoms with van der Waals surface area (Å²) in [5.74, 6) is 1.24. The topological polar surface area (TPSA) is 61.9 Å². The Bertz CT molecular complexity index is 1280. The lowest BCUT2D eigenvalue weighted by Crippen LogP contribution is -2.48. The van der Waals surface area contributed by atoms with Crippen molar-refractivity contribution in [3.8, 4) is 11.5 Å². The fourth-order valence-corrected chi connectivity index (χ4v) is 4.70. The van der Waals surface area contributed by atoms with Crippen LogP contribution in [-0.4, -0.2) is 42.9 Å². The van der Waals surface area contributed by atoms with Crippen molar-refractivity contribution in [2.75, 3.05) is 36.4 Å². The van der Waals surface area contributed by atoms with E-state index >= 15 is 0 Å². The Labute approximate surface area is 208 Å². The van der Waals surface area contributed by atoms with E-state index in [0.29, 0.717) is 24.4 Å². The minimum absolute atomic E-state index is 0.107. The molecule has 35 heavy (non-hydrogen) atoms. The average Bonchev–Trinajstić information content (AvgIpc) is 3.45. The Morgan fingerprint density at radius 2 is 1.51 bits per heavy atom. The van der Waals surface area contributed by atoms with Gasteiger partial charge in [-0.1, -0.05) is 30.3 Å². The molecule has 1 aliphatic heterocycles. The Hall–Kier alpha value is -4.10. The van der Waals surface area contributed by atoms with Gasteiger partial charge in [0.15, 0.2) is 0 Å². The molecule has 1 fully saturated rings. The largest absolute Gasteiger partial charge is 0.457 e. The van der Waals surface area contributed by atoms with Gasteiger partial charge in [0.05, 0.1) is 4.88 Å². The highest BCUT2D eigenvalue weighted by molar-refractivity contribution is 7.12. The molecule has 0 unspecified atom stereocenters. The molecule has 6 nitrogen and oxygen atoms in total. The number of para-hydroxylation sites is 1. The average molecular weight is 484 g/mol. The van der Waals surface area contributed by atoms with Gasteiger partial charge in [-0.25, -0.2) is 0 Å². The third-order valence-corrected chi connectivity index (χ3v) is 6.72. The zero-order valence-corrected chi connectivity index (χ0v) is 19.9. The predicted octanol–water partition coefficient (Wildman–Crippen LogP) is 5.76. The van der Waals surface area contributed by atoms with Crippen LogP contribution in [0.25, 0.3) is 0 Å². The fraction of sp³-hybridized carbons (Fsp3) is 0.143. The molecule has 1 aliphatic rings. The Morgan fingerprint density at radius 1 is 0.771 bits per heavy atom. The maximum Gasteiger partial charge on any atom is 0.264 e. The van der Waals surface area contributed by atoms with Gasteiger partial charge in [-0.15, -0.1) is 11.3 Å². The van der Waals surface area contributed by atoms with Gasteiger partial charge in [0, 0.05) is 43.1 Å². The molecule has 0 aliphatic carbocycles. The lowest BCUT2D eigenvalue weighted by molar-refractivity contribution is 0.0751. The normalized spacial score (nSPS) is 13.4. The Kier molecular flexibility index (Phi) is 6.77. The summed E-state index contributed by atoms with van der Waals surface area (Å²) in [7, 11) is 0. The van der Waals surface area contributed by atoms with Crippen LogP contribution >= 0.6 is 11.3 Å². The third kappa shape index (κ3) is 5.53. The molecule has 176 valence electrons. The summed E-state index contributed by atoms with van der Waals surface area (Å²) >= 11 is 1.48. The number of carbonyl (C=O) groups is 2. The fourth-order valence-electron chi connectivity index (χ4n) is 4.01. The zero-order chi connectivity index (χ0) is 24.0. The highest BCUT2D eigenvalue weighted by Gasteiger charge is 2.22. The van der Waals surface area contributed by atoms with Crippen LogP contribution in [-0.2, 0) is 0 Å². The first-order valence-corrected chi connectivity index (χ1v) is 12.4. The van der Waals surface area contributed by atoms with Gasteiger partial charge >= 0.3 is 0 Å². The van der Waals surface area contributed by atoms with Crippen LogP contribution in [0.5, 0.6) is 11.5 Å². The molecule has 0 spiro atoms. The zero-order valence-electron chi connectivity index (χ0n) is 19.1. The molecule has 0 bridgehead atoms. The maximum atomic E-state index is 12.8. The van der Waals surface area contributed by atoms with Gasteiger partial charge in [-0.2, -0.15) is 0 Å². The van der Waals surface area contributed by atoms with Crippen molar-refractivity contribution >= 4 is 34.5 Å². The van der Waals surface area contributed by atoms with Crippen molar-refractivity contribution in [1.29, 1.82) is 0 Å². The van der Waals surface area contributed by atoms with E-state index in [1.165, 1.54) is 11.3 Å². The molecule has 0 saturated carbocycles. The van der Waals surface area contributed by atoms with Crippen LogP contribution in [0.15, 0.2) is 96.4 Å². The maximum absolute atomic E-state index is 12.8. The number of rotatable bonds is 6. The van der Waals surface area contributed by atoms with E-state index in [2.05, 4.69) is 10.2 Å². The molecule has 2 heterocycles. The number of hydrogen-bond acceptors (Lipinski definition) is 5. The molecule has 0 atom stereocenters. The minimum atomic E-state index is -0.197. The molecule has 0 radical (unpaired) electrons. The second kappa shape index (κ2) is 10.4. The number of hydrogen-bond donors (Lipinski definition) is 1. The van der Waals surface area contributed by atoms with Crippen molar-refractivity contribution in [3.63, 3.8) is 0 Å². The Morgan fingerprint density at radius 3 is 2.23 bits per heavy atom. The summed E-state index contributed by atoms with van der Waals surface area (Å²) in [5.41, 5.74) is 2.32. The summed E-state index contributed by atoms with van der Waals surface area (Å²) < 4.78 is 5.84. The molecule has 5 rings (SSSR count). The molecule has 1 N–H and O–H groups in total. The summed E-state index contributed by atoms with van der Waals surface area (Å²) in [5, 5.41) is 4.88. The van der Waals surface area contributed by atoms with Crippen LogP contribution in [0, 0.1) is 0 Å². The quantitative estimate of drug-likeness (QED) is 0.379. The summed E-state index contributed by atoms with van der Waals surface area (Å²) in [6, 6.07) is 28.2. The van der Waals surface area contributed by atoms with Crippen LogP contribution < -0.4 is 15.0 Å². The minimum Gasteiger partial charge on any atom is -0.457 e. The van der Waals surface area contributed by atoms with Crippen molar-refractivity contribution in [1.82, 2.24) is 4.90 Å². The number of nitrogens with one attached hydrogen (secondary N) is 1. The van der Waals surface area contributed by atoms with E-state index in [4.69, 9.17) is 4.74 Å². The van der Waals surface area contributed by atoms with Gasteiger partial charge in [0.1, 0.15) is 11.5 Å². The second-order valence-corrected chi connectivity index (χ2v) is 9.15. The van der Waals surface area contributed by atoms with E-state index in [-0.39, 0.29) is 11.8 Å². The number of thiophene rings is 1.